The third-order valence-corrected chi connectivity index (χ3v) is 4.14. The molecule has 0 amide bonds. The molecule has 1 N–H and O–H groups in total. The minimum Gasteiger partial charge on any atom is -0.494 e. The fourth-order valence-electron chi connectivity index (χ4n) is 1.60. The maximum absolute atomic E-state index is 12.2. The van der Waals surface area contributed by atoms with Crippen molar-refractivity contribution in [3.05, 3.63) is 47.6 Å². The highest BCUT2D eigenvalue weighted by Crippen LogP contribution is 2.19. The molecule has 0 fully saturated rings. The molecule has 21 heavy (non-hydrogen) atoms. The van der Waals surface area contributed by atoms with E-state index in [2.05, 4.69) is 9.71 Å². The molecule has 2 rings (SSSR count). The molecule has 0 aliphatic heterocycles. The highest BCUT2D eigenvalue weighted by molar-refractivity contribution is 7.92. The molecule has 112 valence electrons. The molecule has 1 aromatic heterocycles. The van der Waals surface area contributed by atoms with E-state index in [1.165, 1.54) is 18.2 Å². The summed E-state index contributed by atoms with van der Waals surface area (Å²) in [4.78, 5) is 4.02. The highest BCUT2D eigenvalue weighted by Gasteiger charge is 2.15. The van der Waals surface area contributed by atoms with Crippen LogP contribution in [0.15, 0.2) is 47.4 Å². The van der Waals surface area contributed by atoms with E-state index in [1.54, 1.807) is 24.3 Å². The summed E-state index contributed by atoms with van der Waals surface area (Å²) in [5, 5.41) is 0.221. The molecule has 0 unspecified atom stereocenters. The minimum atomic E-state index is -3.69. The Morgan fingerprint density at radius 1 is 1.19 bits per heavy atom. The summed E-state index contributed by atoms with van der Waals surface area (Å²) < 4.78 is 32.2. The number of hydrogen-bond acceptors (Lipinski definition) is 4. The normalized spacial score (nSPS) is 11.1. The molecule has 0 aliphatic carbocycles. The number of halogens is 1. The van der Waals surface area contributed by atoms with Crippen molar-refractivity contribution in [1.29, 1.82) is 0 Å². The summed E-state index contributed by atoms with van der Waals surface area (Å²) in [6, 6.07) is 10.9. The molecule has 2 aromatic rings. The summed E-state index contributed by atoms with van der Waals surface area (Å²) in [5.41, 5.74) is 0. The number of ether oxygens (including phenoxy) is 1. The van der Waals surface area contributed by atoms with Gasteiger partial charge in [-0.1, -0.05) is 24.6 Å². The Morgan fingerprint density at radius 3 is 2.52 bits per heavy atom. The first-order valence-corrected chi connectivity index (χ1v) is 8.25. The van der Waals surface area contributed by atoms with Gasteiger partial charge in [-0.2, -0.15) is 0 Å². The third-order valence-electron chi connectivity index (χ3n) is 2.56. The van der Waals surface area contributed by atoms with Gasteiger partial charge in [0.25, 0.3) is 10.0 Å². The maximum Gasteiger partial charge on any atom is 0.263 e. The lowest BCUT2D eigenvalue weighted by molar-refractivity contribution is 0.317. The molecular formula is C14H15ClN2O3S. The van der Waals surface area contributed by atoms with Crippen LogP contribution in [0, 0.1) is 0 Å². The van der Waals surface area contributed by atoms with Gasteiger partial charge in [0.2, 0.25) is 0 Å². The second-order valence-electron chi connectivity index (χ2n) is 4.27. The van der Waals surface area contributed by atoms with Gasteiger partial charge in [-0.25, -0.2) is 13.4 Å². The zero-order valence-corrected chi connectivity index (χ0v) is 13.0. The number of aromatic nitrogens is 1. The molecule has 1 heterocycles. The van der Waals surface area contributed by atoms with Crippen LogP contribution in [0.5, 0.6) is 5.75 Å². The topological polar surface area (TPSA) is 68.3 Å². The average Bonchev–Trinajstić information content (AvgIpc) is 2.45. The zero-order chi connectivity index (χ0) is 15.3. The average molecular weight is 327 g/mol. The van der Waals surface area contributed by atoms with E-state index in [0.717, 1.165) is 6.42 Å². The quantitative estimate of drug-likeness (QED) is 0.827. The summed E-state index contributed by atoms with van der Waals surface area (Å²) >= 11 is 5.73. The van der Waals surface area contributed by atoms with Gasteiger partial charge in [0.05, 0.1) is 11.5 Å². The van der Waals surface area contributed by atoms with Crippen LogP contribution in [-0.2, 0) is 10.0 Å². The van der Waals surface area contributed by atoms with Crippen molar-refractivity contribution in [1.82, 2.24) is 4.98 Å². The van der Waals surface area contributed by atoms with Crippen LogP contribution in [0.25, 0.3) is 0 Å². The molecular weight excluding hydrogens is 312 g/mol. The zero-order valence-electron chi connectivity index (χ0n) is 11.4. The van der Waals surface area contributed by atoms with E-state index < -0.39 is 10.0 Å². The predicted molar refractivity (Wildman–Crippen MR) is 82.3 cm³/mol. The molecule has 0 spiro atoms. The predicted octanol–water partition coefficient (Wildman–Crippen LogP) is 3.32. The van der Waals surface area contributed by atoms with Crippen LogP contribution in [0.3, 0.4) is 0 Å². The maximum atomic E-state index is 12.2. The molecule has 0 radical (unpaired) electrons. The van der Waals surface area contributed by atoms with Gasteiger partial charge in [-0.15, -0.1) is 0 Å². The van der Waals surface area contributed by atoms with Crippen LogP contribution in [0.1, 0.15) is 13.3 Å². The first kappa shape index (κ1) is 15.6. The van der Waals surface area contributed by atoms with Gasteiger partial charge in [-0.3, -0.25) is 4.72 Å². The lowest BCUT2D eigenvalue weighted by Crippen LogP contribution is -2.13. The molecule has 7 heteroatoms. The smallest absolute Gasteiger partial charge is 0.263 e. The highest BCUT2D eigenvalue weighted by atomic mass is 35.5. The second kappa shape index (κ2) is 6.78. The Balaban J connectivity index is 2.15. The van der Waals surface area contributed by atoms with Crippen LogP contribution >= 0.6 is 11.6 Å². The Morgan fingerprint density at radius 2 is 1.90 bits per heavy atom. The standard InChI is InChI=1S/C14H15ClN2O3S/c1-2-10-20-11-6-8-12(9-7-11)21(18,19)17-14-5-3-4-13(15)16-14/h3-9H,2,10H2,1H3,(H,16,17). The number of hydrogen-bond donors (Lipinski definition) is 1. The number of benzene rings is 1. The van der Waals surface area contributed by atoms with E-state index >= 15 is 0 Å². The number of pyridine rings is 1. The van der Waals surface area contributed by atoms with E-state index in [4.69, 9.17) is 16.3 Å². The van der Waals surface area contributed by atoms with E-state index in [-0.39, 0.29) is 15.9 Å². The van der Waals surface area contributed by atoms with Crippen molar-refractivity contribution in [2.45, 2.75) is 18.2 Å². The Kier molecular flexibility index (Phi) is 5.03. The number of sulfonamides is 1. The third kappa shape index (κ3) is 4.34. The van der Waals surface area contributed by atoms with Crippen molar-refractivity contribution in [2.24, 2.45) is 0 Å². The van der Waals surface area contributed by atoms with Gasteiger partial charge in [-0.05, 0) is 42.8 Å². The van der Waals surface area contributed by atoms with Gasteiger partial charge in [0, 0.05) is 0 Å². The number of nitrogens with zero attached hydrogens (tertiary/aromatic N) is 1. The molecule has 5 nitrogen and oxygen atoms in total. The van der Waals surface area contributed by atoms with Crippen LogP contribution < -0.4 is 9.46 Å². The monoisotopic (exact) mass is 326 g/mol. The molecule has 0 bridgehead atoms. The summed E-state index contributed by atoms with van der Waals surface area (Å²) in [6.07, 6.45) is 0.891. The van der Waals surface area contributed by atoms with E-state index in [0.29, 0.717) is 12.4 Å². The fraction of sp³-hybridized carbons (Fsp3) is 0.214. The van der Waals surface area contributed by atoms with Crippen molar-refractivity contribution in [3.63, 3.8) is 0 Å². The first-order chi connectivity index (χ1) is 10.0. The molecule has 0 saturated heterocycles. The van der Waals surface area contributed by atoms with E-state index in [9.17, 15) is 8.42 Å². The van der Waals surface area contributed by atoms with Crippen LogP contribution in [0.2, 0.25) is 5.15 Å². The number of rotatable bonds is 6. The van der Waals surface area contributed by atoms with Gasteiger partial charge < -0.3 is 4.74 Å². The Bertz CT molecular complexity index is 702. The lowest BCUT2D eigenvalue weighted by Gasteiger charge is -2.09. The van der Waals surface area contributed by atoms with Crippen LogP contribution in [0.4, 0.5) is 5.82 Å². The first-order valence-electron chi connectivity index (χ1n) is 6.39. The summed E-state index contributed by atoms with van der Waals surface area (Å²) in [6.45, 7) is 2.59. The van der Waals surface area contributed by atoms with Gasteiger partial charge in [0.15, 0.2) is 0 Å². The number of nitrogens with one attached hydrogen (secondary N) is 1. The van der Waals surface area contributed by atoms with Crippen molar-refractivity contribution in [2.75, 3.05) is 11.3 Å². The van der Waals surface area contributed by atoms with Crippen molar-refractivity contribution in [3.8, 4) is 5.75 Å². The summed E-state index contributed by atoms with van der Waals surface area (Å²) in [7, 11) is -3.69. The minimum absolute atomic E-state index is 0.133. The van der Waals surface area contributed by atoms with Crippen LogP contribution in [-0.4, -0.2) is 20.0 Å². The van der Waals surface area contributed by atoms with Gasteiger partial charge in [0.1, 0.15) is 16.7 Å². The fourth-order valence-corrected chi connectivity index (χ4v) is 2.76. The van der Waals surface area contributed by atoms with Crippen molar-refractivity contribution >= 4 is 27.4 Å². The largest absolute Gasteiger partial charge is 0.494 e. The van der Waals surface area contributed by atoms with Crippen molar-refractivity contribution < 1.29 is 13.2 Å². The molecule has 0 atom stereocenters. The second-order valence-corrected chi connectivity index (χ2v) is 6.34. The molecule has 1 aromatic carbocycles. The van der Waals surface area contributed by atoms with Gasteiger partial charge >= 0.3 is 0 Å². The SMILES string of the molecule is CCCOc1ccc(S(=O)(=O)Nc2cccc(Cl)n2)cc1. The summed E-state index contributed by atoms with van der Waals surface area (Å²) in [5.74, 6) is 0.811. The van der Waals surface area contributed by atoms with E-state index in [1.807, 2.05) is 6.92 Å². The number of anilines is 1. The molecule has 0 aliphatic rings. The lowest BCUT2D eigenvalue weighted by atomic mass is 10.3. The Hall–Kier alpha value is -1.79. The Labute approximate surface area is 129 Å². The molecule has 0 saturated carbocycles.